The van der Waals surface area contributed by atoms with Crippen molar-refractivity contribution in [2.45, 2.75) is 51.7 Å². The van der Waals surface area contributed by atoms with Crippen LogP contribution in [-0.4, -0.2) is 78.7 Å². The van der Waals surface area contributed by atoms with E-state index in [0.717, 1.165) is 25.7 Å². The lowest BCUT2D eigenvalue weighted by atomic mass is 9.99. The molecular formula is C27H36N4O6. The summed E-state index contributed by atoms with van der Waals surface area (Å²) in [5.41, 5.74) is 0.724. The highest BCUT2D eigenvalue weighted by Crippen LogP contribution is 2.30. The number of fused-ring (bicyclic) bond motifs is 1. The van der Waals surface area contributed by atoms with Crippen molar-refractivity contribution in [2.24, 2.45) is 11.8 Å². The second-order valence-electron chi connectivity index (χ2n) is 10.1. The number of carbonyl (C=O) groups is 3. The molecule has 37 heavy (non-hydrogen) atoms. The summed E-state index contributed by atoms with van der Waals surface area (Å²) in [6.45, 7) is 5.12. The van der Waals surface area contributed by atoms with Gasteiger partial charge in [0.2, 0.25) is 11.7 Å². The van der Waals surface area contributed by atoms with Crippen LogP contribution >= 0.6 is 0 Å². The molecule has 0 unspecified atom stereocenters. The number of methoxy groups -OCH3 is 1. The smallest absolute Gasteiger partial charge is 0.294 e. The Balaban J connectivity index is 1.63. The zero-order valence-corrected chi connectivity index (χ0v) is 21.9. The summed E-state index contributed by atoms with van der Waals surface area (Å²) in [6, 6.07) is 6.18. The number of aromatic nitrogens is 1. The molecule has 1 fully saturated rings. The quantitative estimate of drug-likeness (QED) is 0.667. The van der Waals surface area contributed by atoms with E-state index in [4.69, 9.17) is 14.0 Å². The van der Waals surface area contributed by atoms with Crippen LogP contribution in [0.25, 0.3) is 0 Å². The van der Waals surface area contributed by atoms with E-state index in [-0.39, 0.29) is 48.2 Å². The van der Waals surface area contributed by atoms with Gasteiger partial charge in [-0.1, -0.05) is 24.9 Å². The molecule has 2 aliphatic rings. The van der Waals surface area contributed by atoms with Crippen LogP contribution < -0.4 is 10.1 Å². The molecule has 1 aromatic carbocycles. The molecule has 1 aromatic heterocycles. The van der Waals surface area contributed by atoms with E-state index in [1.165, 1.54) is 12.3 Å². The van der Waals surface area contributed by atoms with Crippen molar-refractivity contribution >= 4 is 23.4 Å². The Bertz CT molecular complexity index is 1100. The molecule has 0 radical (unpaired) electrons. The minimum atomic E-state index is -0.477. The zero-order chi connectivity index (χ0) is 26.5. The van der Waals surface area contributed by atoms with Crippen LogP contribution in [0, 0.1) is 11.8 Å². The predicted molar refractivity (Wildman–Crippen MR) is 136 cm³/mol. The van der Waals surface area contributed by atoms with Gasteiger partial charge in [0.25, 0.3) is 11.8 Å². The number of likely N-dealkylation sites (N-methyl/N-ethyl adjacent to an activating group) is 1. The van der Waals surface area contributed by atoms with Crippen LogP contribution in [-0.2, 0) is 9.53 Å². The van der Waals surface area contributed by atoms with E-state index >= 15 is 0 Å². The van der Waals surface area contributed by atoms with Gasteiger partial charge in [0.05, 0.1) is 23.9 Å². The van der Waals surface area contributed by atoms with E-state index in [2.05, 4.69) is 10.5 Å². The lowest BCUT2D eigenvalue weighted by Crippen LogP contribution is -2.50. The number of amides is 3. The number of hydrogen-bond donors (Lipinski definition) is 1. The number of nitrogens with one attached hydrogen (secondary N) is 1. The molecule has 1 aliphatic carbocycles. The van der Waals surface area contributed by atoms with Gasteiger partial charge in [0.15, 0.2) is 0 Å². The lowest BCUT2D eigenvalue weighted by Gasteiger charge is -2.37. The Kier molecular flexibility index (Phi) is 8.48. The van der Waals surface area contributed by atoms with E-state index < -0.39 is 5.91 Å². The number of benzene rings is 1. The molecular weight excluding hydrogens is 476 g/mol. The number of ether oxygens (including phenoxy) is 2. The van der Waals surface area contributed by atoms with Crippen molar-refractivity contribution in [3.8, 4) is 5.75 Å². The van der Waals surface area contributed by atoms with Gasteiger partial charge in [-0.15, -0.1) is 0 Å². The van der Waals surface area contributed by atoms with E-state index in [0.29, 0.717) is 30.1 Å². The Morgan fingerprint density at radius 1 is 1.14 bits per heavy atom. The van der Waals surface area contributed by atoms with Gasteiger partial charge >= 0.3 is 0 Å². The number of nitrogens with zero attached hydrogens (tertiary/aromatic N) is 3. The van der Waals surface area contributed by atoms with Crippen LogP contribution in [0.4, 0.5) is 5.69 Å². The third-order valence-corrected chi connectivity index (χ3v) is 7.35. The first-order valence-electron chi connectivity index (χ1n) is 12.9. The molecule has 4 rings (SSSR count). The average Bonchev–Trinajstić information content (AvgIpc) is 3.62. The Morgan fingerprint density at radius 3 is 2.57 bits per heavy atom. The summed E-state index contributed by atoms with van der Waals surface area (Å²) in [5, 5.41) is 6.28. The maximum absolute atomic E-state index is 13.5. The minimum Gasteiger partial charge on any atom is -0.491 e. The van der Waals surface area contributed by atoms with Crippen LogP contribution in [0.2, 0.25) is 0 Å². The standard InChI is InChI=1S/C27H36N4O6/c1-17-14-31(26(33)19-7-5-6-8-19)18(2)16-36-22-10-9-20(29-25(32)23-11-12-28-37-23)13-21(22)27(34)30(3)15-24(17)35-4/h9-13,17-19,24H,5-8,14-16H2,1-4H3,(H,29,32)/t17-,18-,24-/m1/s1. The second kappa shape index (κ2) is 11.8. The molecule has 200 valence electrons. The Hall–Kier alpha value is -3.40. The summed E-state index contributed by atoms with van der Waals surface area (Å²) in [5.74, 6) is -0.0672. The normalized spacial score (nSPS) is 23.6. The molecule has 3 amide bonds. The number of carbonyl (C=O) groups excluding carboxylic acids is 3. The molecule has 2 aromatic rings. The van der Waals surface area contributed by atoms with Gasteiger partial charge in [-0.25, -0.2) is 0 Å². The average molecular weight is 513 g/mol. The summed E-state index contributed by atoms with van der Waals surface area (Å²) in [6.07, 6.45) is 5.14. The van der Waals surface area contributed by atoms with Crippen LogP contribution in [0.15, 0.2) is 35.0 Å². The molecule has 0 bridgehead atoms. The van der Waals surface area contributed by atoms with Crippen molar-refractivity contribution in [1.82, 2.24) is 15.0 Å². The first-order valence-corrected chi connectivity index (χ1v) is 12.9. The predicted octanol–water partition coefficient (Wildman–Crippen LogP) is 3.45. The largest absolute Gasteiger partial charge is 0.491 e. The van der Waals surface area contributed by atoms with Gasteiger partial charge in [0, 0.05) is 50.8 Å². The Labute approximate surface area is 217 Å². The number of rotatable bonds is 4. The molecule has 2 heterocycles. The molecule has 0 spiro atoms. The van der Waals surface area contributed by atoms with E-state index in [1.54, 1.807) is 37.3 Å². The van der Waals surface area contributed by atoms with Crippen LogP contribution in [0.5, 0.6) is 5.75 Å². The maximum atomic E-state index is 13.5. The SMILES string of the molecule is CO[C@@H]1CN(C)C(=O)c2cc(NC(=O)c3ccno3)ccc2OC[C@@H](C)N(C(=O)C2CCCC2)C[C@H]1C. The third kappa shape index (κ3) is 6.12. The topological polar surface area (TPSA) is 114 Å². The maximum Gasteiger partial charge on any atom is 0.294 e. The molecule has 0 saturated heterocycles. The number of hydrogen-bond acceptors (Lipinski definition) is 7. The fraction of sp³-hybridized carbons (Fsp3) is 0.556. The van der Waals surface area contributed by atoms with Crippen LogP contribution in [0.1, 0.15) is 60.4 Å². The fourth-order valence-electron chi connectivity index (χ4n) is 5.09. The molecule has 10 nitrogen and oxygen atoms in total. The van der Waals surface area contributed by atoms with E-state index in [1.807, 2.05) is 18.7 Å². The monoisotopic (exact) mass is 512 g/mol. The molecule has 10 heteroatoms. The van der Waals surface area contributed by atoms with Crippen molar-refractivity contribution in [2.75, 3.05) is 39.2 Å². The highest BCUT2D eigenvalue weighted by Gasteiger charge is 2.34. The fourth-order valence-corrected chi connectivity index (χ4v) is 5.09. The summed E-state index contributed by atoms with van der Waals surface area (Å²) >= 11 is 0. The third-order valence-electron chi connectivity index (χ3n) is 7.35. The van der Waals surface area contributed by atoms with Crippen LogP contribution in [0.3, 0.4) is 0 Å². The molecule has 1 saturated carbocycles. The van der Waals surface area contributed by atoms with Gasteiger partial charge in [0.1, 0.15) is 12.4 Å². The van der Waals surface area contributed by atoms with Gasteiger partial charge in [-0.05, 0) is 38.0 Å². The zero-order valence-electron chi connectivity index (χ0n) is 21.9. The molecule has 1 N–H and O–H groups in total. The van der Waals surface area contributed by atoms with Gasteiger partial charge in [-0.2, -0.15) is 0 Å². The van der Waals surface area contributed by atoms with Crippen molar-refractivity contribution < 1.29 is 28.4 Å². The second-order valence-corrected chi connectivity index (χ2v) is 10.1. The number of anilines is 1. The van der Waals surface area contributed by atoms with E-state index in [9.17, 15) is 14.4 Å². The first kappa shape index (κ1) is 26.7. The highest BCUT2D eigenvalue weighted by atomic mass is 16.5. The molecule has 3 atom stereocenters. The van der Waals surface area contributed by atoms with Crippen molar-refractivity contribution in [1.29, 1.82) is 0 Å². The Morgan fingerprint density at radius 2 is 1.89 bits per heavy atom. The molecule has 1 aliphatic heterocycles. The highest BCUT2D eigenvalue weighted by molar-refractivity contribution is 6.04. The van der Waals surface area contributed by atoms with Crippen molar-refractivity contribution in [3.05, 3.63) is 41.8 Å². The minimum absolute atomic E-state index is 0.000483. The van der Waals surface area contributed by atoms with Gasteiger partial charge < -0.3 is 29.1 Å². The van der Waals surface area contributed by atoms with Crippen molar-refractivity contribution in [3.63, 3.8) is 0 Å². The lowest BCUT2D eigenvalue weighted by molar-refractivity contribution is -0.139. The summed E-state index contributed by atoms with van der Waals surface area (Å²) in [7, 11) is 3.34. The summed E-state index contributed by atoms with van der Waals surface area (Å²) < 4.78 is 16.8. The first-order chi connectivity index (χ1) is 17.8. The van der Waals surface area contributed by atoms with Gasteiger partial charge in [-0.3, -0.25) is 14.4 Å². The summed E-state index contributed by atoms with van der Waals surface area (Å²) in [4.78, 5) is 42.9.